The van der Waals surface area contributed by atoms with Crippen LogP contribution in [0.25, 0.3) is 17.1 Å². The maximum Gasteiger partial charge on any atom is 0.272 e. The highest BCUT2D eigenvalue weighted by molar-refractivity contribution is 6.38. The first-order chi connectivity index (χ1) is 18.0. The van der Waals surface area contributed by atoms with Crippen LogP contribution in [0, 0.1) is 11.8 Å². The first kappa shape index (κ1) is 22.2. The molecule has 3 aliphatic rings. The number of halogens is 2. The lowest BCUT2D eigenvalue weighted by Crippen LogP contribution is -2.50. The fourth-order valence-electron chi connectivity index (χ4n) is 5.85. The van der Waals surface area contributed by atoms with Gasteiger partial charge in [-0.25, -0.2) is 4.90 Å². The minimum atomic E-state index is -0.987. The van der Waals surface area contributed by atoms with Gasteiger partial charge >= 0.3 is 0 Å². The fraction of sp³-hybridized carbons (Fsp3) is 0.148. The summed E-state index contributed by atoms with van der Waals surface area (Å²) < 4.78 is 1.23. The number of nitrogens with zero attached hydrogens (tertiary/aromatic N) is 5. The zero-order valence-electron chi connectivity index (χ0n) is 19.0. The maximum absolute atomic E-state index is 14.2. The molecule has 0 radical (unpaired) electrons. The summed E-state index contributed by atoms with van der Waals surface area (Å²) in [6, 6.07) is 17.9. The van der Waals surface area contributed by atoms with Crippen molar-refractivity contribution in [3.05, 3.63) is 88.4 Å². The zero-order valence-corrected chi connectivity index (χ0v) is 20.5. The molecule has 37 heavy (non-hydrogen) atoms. The average molecular weight is 530 g/mol. The average Bonchev–Trinajstić information content (AvgIpc) is 3.55. The molecule has 4 atom stereocenters. The molecule has 0 spiro atoms. The van der Waals surface area contributed by atoms with Crippen molar-refractivity contribution in [1.29, 1.82) is 0 Å². The molecule has 2 fully saturated rings. The van der Waals surface area contributed by atoms with Crippen molar-refractivity contribution >= 4 is 69.4 Å². The van der Waals surface area contributed by atoms with Crippen LogP contribution in [0.1, 0.15) is 10.4 Å². The Morgan fingerprint density at radius 2 is 1.62 bits per heavy atom. The second kappa shape index (κ2) is 7.99. The lowest BCUT2D eigenvalue weighted by molar-refractivity contribution is -0.122. The van der Waals surface area contributed by atoms with Gasteiger partial charge in [-0.1, -0.05) is 70.9 Å². The van der Waals surface area contributed by atoms with E-state index in [4.69, 9.17) is 23.2 Å². The number of aromatic nitrogens is 3. The predicted octanol–water partition coefficient (Wildman–Crippen LogP) is 4.47. The largest absolute Gasteiger partial charge is 0.351 e. The molecule has 0 aliphatic carbocycles. The van der Waals surface area contributed by atoms with E-state index >= 15 is 0 Å². The summed E-state index contributed by atoms with van der Waals surface area (Å²) in [5.41, 5.74) is 3.02. The molecule has 0 bridgehead atoms. The lowest BCUT2D eigenvalue weighted by atomic mass is 9.88. The van der Waals surface area contributed by atoms with E-state index in [9.17, 15) is 14.4 Å². The van der Waals surface area contributed by atoms with Gasteiger partial charge in [0.05, 0.1) is 34.1 Å². The van der Waals surface area contributed by atoms with E-state index in [2.05, 4.69) is 10.3 Å². The lowest BCUT2D eigenvalue weighted by Gasteiger charge is -2.36. The van der Waals surface area contributed by atoms with E-state index in [0.29, 0.717) is 16.1 Å². The molecular formula is C27H17Cl2N5O3. The van der Waals surface area contributed by atoms with Crippen LogP contribution >= 0.6 is 23.2 Å². The Morgan fingerprint density at radius 1 is 0.865 bits per heavy atom. The quantitative estimate of drug-likeness (QED) is 0.356. The smallest absolute Gasteiger partial charge is 0.272 e. The maximum atomic E-state index is 14.2. The Morgan fingerprint density at radius 3 is 2.46 bits per heavy atom. The molecule has 1 aromatic heterocycles. The fourth-order valence-corrected chi connectivity index (χ4v) is 6.35. The van der Waals surface area contributed by atoms with Crippen LogP contribution in [-0.2, 0) is 9.59 Å². The van der Waals surface area contributed by atoms with E-state index in [1.54, 1.807) is 30.3 Å². The summed E-state index contributed by atoms with van der Waals surface area (Å²) in [5.74, 6) is -3.05. The van der Waals surface area contributed by atoms with Crippen LogP contribution in [0.5, 0.6) is 0 Å². The van der Waals surface area contributed by atoms with Crippen molar-refractivity contribution in [1.82, 2.24) is 15.0 Å². The van der Waals surface area contributed by atoms with Gasteiger partial charge in [0, 0.05) is 10.7 Å². The first-order valence-electron chi connectivity index (χ1n) is 11.7. The second-order valence-corrected chi connectivity index (χ2v) is 10.1. The van der Waals surface area contributed by atoms with Crippen molar-refractivity contribution in [3.63, 3.8) is 0 Å². The van der Waals surface area contributed by atoms with Crippen molar-refractivity contribution in [2.75, 3.05) is 9.80 Å². The van der Waals surface area contributed by atoms with Gasteiger partial charge in [0.15, 0.2) is 0 Å². The monoisotopic (exact) mass is 529 g/mol. The van der Waals surface area contributed by atoms with Crippen LogP contribution in [-0.4, -0.2) is 44.8 Å². The number of carbonyl (C=O) groups is 3. The minimum Gasteiger partial charge on any atom is -0.351 e. The Bertz CT molecular complexity index is 1680. The molecule has 2 amide bonds. The summed E-state index contributed by atoms with van der Waals surface area (Å²) in [6.07, 6.45) is 3.83. The van der Waals surface area contributed by atoms with E-state index < -0.39 is 41.6 Å². The molecule has 3 aromatic carbocycles. The third-order valence-electron chi connectivity index (χ3n) is 7.38. The van der Waals surface area contributed by atoms with Gasteiger partial charge < -0.3 is 4.90 Å². The number of hydrogen-bond acceptors (Lipinski definition) is 6. The Hall–Kier alpha value is -4.01. The molecule has 0 N–H and O–H groups in total. The summed E-state index contributed by atoms with van der Waals surface area (Å²) in [6.45, 7) is 0. The number of rotatable bonds is 2. The van der Waals surface area contributed by atoms with Crippen LogP contribution in [0.3, 0.4) is 0 Å². The Balaban J connectivity index is 1.40. The SMILES string of the molecule is O=C1[C@@H]2[C@H](C(=O)N1c1ccc(Cl)cc1Cl)[C@H](C(=O)n1nnc3ccccc31)N1c3ccccc3C=C[C@@H]21. The van der Waals surface area contributed by atoms with Gasteiger partial charge in [0.25, 0.3) is 5.91 Å². The summed E-state index contributed by atoms with van der Waals surface area (Å²) in [5, 5.41) is 8.82. The number of imide groups is 1. The number of anilines is 2. The Labute approximate surface area is 220 Å². The zero-order chi connectivity index (χ0) is 25.4. The molecule has 2 saturated heterocycles. The number of benzene rings is 3. The summed E-state index contributed by atoms with van der Waals surface area (Å²) >= 11 is 12.5. The molecular weight excluding hydrogens is 513 g/mol. The van der Waals surface area contributed by atoms with Crippen LogP contribution in [0.4, 0.5) is 11.4 Å². The number of hydrogen-bond donors (Lipinski definition) is 0. The van der Waals surface area contributed by atoms with Gasteiger partial charge in [0.2, 0.25) is 11.8 Å². The summed E-state index contributed by atoms with van der Waals surface area (Å²) in [4.78, 5) is 45.1. The second-order valence-electron chi connectivity index (χ2n) is 9.25. The standard InChI is InChI=1S/C27H17Cl2N5O3/c28-15-10-12-19(16(29)13-15)33-25(35)22-21-11-9-14-5-1-3-7-18(14)32(21)24(23(22)26(33)36)27(37)34-20-8-4-2-6-17(20)30-31-34/h1-13,21-24H/t21-,22-,23-,24+/m0/s1. The molecule has 8 nitrogen and oxygen atoms in total. The number of fused-ring (bicyclic) bond motifs is 6. The molecule has 10 heteroatoms. The molecule has 4 aromatic rings. The van der Waals surface area contributed by atoms with Gasteiger partial charge in [-0.2, -0.15) is 4.68 Å². The third-order valence-corrected chi connectivity index (χ3v) is 7.92. The molecule has 3 aliphatic heterocycles. The molecule has 0 saturated carbocycles. The van der Waals surface area contributed by atoms with Gasteiger partial charge in [-0.05, 0) is 42.0 Å². The number of carbonyl (C=O) groups excluding carboxylic acids is 3. The topological polar surface area (TPSA) is 88.4 Å². The van der Waals surface area contributed by atoms with Crippen molar-refractivity contribution < 1.29 is 14.4 Å². The first-order valence-corrected chi connectivity index (χ1v) is 12.4. The van der Waals surface area contributed by atoms with Crippen LogP contribution in [0.15, 0.2) is 72.8 Å². The minimum absolute atomic E-state index is 0.181. The number of amides is 2. The number of para-hydroxylation sites is 2. The van der Waals surface area contributed by atoms with Crippen LogP contribution < -0.4 is 9.80 Å². The predicted molar refractivity (Wildman–Crippen MR) is 140 cm³/mol. The van der Waals surface area contributed by atoms with Crippen LogP contribution in [0.2, 0.25) is 10.0 Å². The third kappa shape index (κ3) is 3.06. The van der Waals surface area contributed by atoms with Gasteiger partial charge in [-0.15, -0.1) is 5.10 Å². The van der Waals surface area contributed by atoms with Gasteiger partial charge in [0.1, 0.15) is 11.6 Å². The van der Waals surface area contributed by atoms with Crippen molar-refractivity contribution in [2.24, 2.45) is 11.8 Å². The van der Waals surface area contributed by atoms with E-state index in [0.717, 1.165) is 16.2 Å². The van der Waals surface area contributed by atoms with E-state index in [-0.39, 0.29) is 10.7 Å². The molecule has 4 heterocycles. The normalized spacial score (nSPS) is 23.9. The molecule has 0 unspecified atom stereocenters. The molecule has 182 valence electrons. The highest BCUT2D eigenvalue weighted by Gasteiger charge is 2.65. The van der Waals surface area contributed by atoms with Crippen molar-refractivity contribution in [3.8, 4) is 0 Å². The van der Waals surface area contributed by atoms with E-state index in [1.807, 2.05) is 47.4 Å². The van der Waals surface area contributed by atoms with Crippen molar-refractivity contribution in [2.45, 2.75) is 12.1 Å². The van der Waals surface area contributed by atoms with E-state index in [1.165, 1.54) is 10.7 Å². The molecule has 7 rings (SSSR count). The van der Waals surface area contributed by atoms with Gasteiger partial charge in [-0.3, -0.25) is 14.4 Å². The highest BCUT2D eigenvalue weighted by atomic mass is 35.5. The highest BCUT2D eigenvalue weighted by Crippen LogP contribution is 2.50. The summed E-state index contributed by atoms with van der Waals surface area (Å²) in [7, 11) is 0. The Kier molecular flexibility index (Phi) is 4.80.